The molecule has 1 aliphatic carbocycles. The molecule has 3 nitrogen and oxygen atoms in total. The maximum atomic E-state index is 12.0. The fourth-order valence-corrected chi connectivity index (χ4v) is 7.56. The summed E-state index contributed by atoms with van der Waals surface area (Å²) < 4.78 is 0. The summed E-state index contributed by atoms with van der Waals surface area (Å²) >= 11 is 0. The zero-order valence-electron chi connectivity index (χ0n) is 28.5. The van der Waals surface area contributed by atoms with Gasteiger partial charge in [-0.1, -0.05) is 133 Å². The highest BCUT2D eigenvalue weighted by Gasteiger charge is 2.29. The molecule has 0 fully saturated rings. The van der Waals surface area contributed by atoms with Gasteiger partial charge in [-0.3, -0.25) is 0 Å². The fraction of sp³-hybridized carbons (Fsp3) is 0.0204. The van der Waals surface area contributed by atoms with Gasteiger partial charge < -0.3 is 14.9 Å². The number of aliphatic hydroxyl groups is 1. The quantitative estimate of drug-likeness (QED) is 0.175. The van der Waals surface area contributed by atoms with Crippen LogP contribution in [0.25, 0.3) is 33.4 Å². The van der Waals surface area contributed by atoms with Crippen LogP contribution in [0.15, 0.2) is 206 Å². The summed E-state index contributed by atoms with van der Waals surface area (Å²) in [4.78, 5) is 4.59. The summed E-state index contributed by atoms with van der Waals surface area (Å²) in [5.41, 5.74) is 14.8. The standard InChI is InChI=1S/C49H36N2O/c52-49-45-33-35(41-25-13-15-27-47(41)50(37-17-5-1-6-18-37)38-19-7-2-8-20-38)29-31-43(45)44-32-30-36(34-46(44)49)42-26-14-16-28-48(42)51(39-21-9-3-10-22-39)40-23-11-4-12-24-40/h1-34,49,52H. The van der Waals surface area contributed by atoms with Crippen molar-refractivity contribution in [2.75, 3.05) is 9.80 Å². The number of hydrogen-bond acceptors (Lipinski definition) is 3. The molecule has 8 aromatic rings. The lowest BCUT2D eigenvalue weighted by Crippen LogP contribution is -2.11. The summed E-state index contributed by atoms with van der Waals surface area (Å²) in [5.74, 6) is 0. The average molecular weight is 669 g/mol. The number of hydrogen-bond donors (Lipinski definition) is 1. The number of rotatable bonds is 8. The second-order valence-electron chi connectivity index (χ2n) is 13.1. The van der Waals surface area contributed by atoms with Gasteiger partial charge >= 0.3 is 0 Å². The van der Waals surface area contributed by atoms with E-state index in [4.69, 9.17) is 0 Å². The fourth-order valence-electron chi connectivity index (χ4n) is 7.56. The largest absolute Gasteiger partial charge is 0.384 e. The molecule has 0 unspecified atom stereocenters. The second-order valence-corrected chi connectivity index (χ2v) is 13.1. The van der Waals surface area contributed by atoms with E-state index in [1.54, 1.807) is 0 Å². The molecule has 9 rings (SSSR count). The first-order valence-electron chi connectivity index (χ1n) is 17.7. The molecular weight excluding hydrogens is 633 g/mol. The predicted molar refractivity (Wildman–Crippen MR) is 216 cm³/mol. The van der Waals surface area contributed by atoms with Crippen molar-refractivity contribution < 1.29 is 5.11 Å². The van der Waals surface area contributed by atoms with Gasteiger partial charge in [0.25, 0.3) is 0 Å². The Morgan fingerprint density at radius 1 is 0.308 bits per heavy atom. The van der Waals surface area contributed by atoms with Crippen molar-refractivity contribution in [2.24, 2.45) is 0 Å². The van der Waals surface area contributed by atoms with Crippen molar-refractivity contribution in [3.8, 4) is 33.4 Å². The van der Waals surface area contributed by atoms with Gasteiger partial charge in [-0.2, -0.15) is 0 Å². The molecule has 8 aromatic carbocycles. The molecule has 0 saturated heterocycles. The molecule has 0 saturated carbocycles. The van der Waals surface area contributed by atoms with Gasteiger partial charge in [0.15, 0.2) is 0 Å². The Kier molecular flexibility index (Phi) is 8.16. The van der Waals surface area contributed by atoms with E-state index in [9.17, 15) is 5.11 Å². The Bertz CT molecular complexity index is 2230. The van der Waals surface area contributed by atoms with Crippen molar-refractivity contribution in [1.82, 2.24) is 0 Å². The van der Waals surface area contributed by atoms with Crippen LogP contribution in [0.4, 0.5) is 34.1 Å². The number of aliphatic hydroxyl groups excluding tert-OH is 1. The normalized spacial score (nSPS) is 11.9. The summed E-state index contributed by atoms with van der Waals surface area (Å²) in [7, 11) is 0. The van der Waals surface area contributed by atoms with E-state index in [-0.39, 0.29) is 0 Å². The van der Waals surface area contributed by atoms with Crippen LogP contribution in [0.5, 0.6) is 0 Å². The number of anilines is 6. The van der Waals surface area contributed by atoms with Crippen molar-refractivity contribution >= 4 is 34.1 Å². The average Bonchev–Trinajstić information content (AvgIpc) is 3.50. The molecule has 0 radical (unpaired) electrons. The molecule has 1 N–H and O–H groups in total. The third-order valence-electron chi connectivity index (χ3n) is 9.95. The smallest absolute Gasteiger partial charge is 0.105 e. The van der Waals surface area contributed by atoms with E-state index in [2.05, 4.69) is 192 Å². The Morgan fingerprint density at radius 2 is 0.615 bits per heavy atom. The van der Waals surface area contributed by atoms with E-state index in [1.165, 1.54) is 0 Å². The minimum atomic E-state index is -0.747. The zero-order chi connectivity index (χ0) is 34.9. The second kappa shape index (κ2) is 13.6. The van der Waals surface area contributed by atoms with Gasteiger partial charge in [0, 0.05) is 33.9 Å². The van der Waals surface area contributed by atoms with Crippen LogP contribution in [0.2, 0.25) is 0 Å². The number of fused-ring (bicyclic) bond motifs is 3. The molecule has 0 bridgehead atoms. The lowest BCUT2D eigenvalue weighted by molar-refractivity contribution is 0.225. The minimum Gasteiger partial charge on any atom is -0.384 e. The van der Waals surface area contributed by atoms with Crippen LogP contribution in [-0.4, -0.2) is 5.11 Å². The molecule has 0 heterocycles. The van der Waals surface area contributed by atoms with E-state index in [0.717, 1.165) is 78.6 Å². The molecule has 52 heavy (non-hydrogen) atoms. The first-order chi connectivity index (χ1) is 25.7. The van der Waals surface area contributed by atoms with Crippen LogP contribution >= 0.6 is 0 Å². The Balaban J connectivity index is 1.11. The van der Waals surface area contributed by atoms with Crippen LogP contribution in [0.3, 0.4) is 0 Å². The lowest BCUT2D eigenvalue weighted by atomic mass is 9.96. The number of para-hydroxylation sites is 6. The maximum absolute atomic E-state index is 12.0. The molecule has 0 amide bonds. The summed E-state index contributed by atoms with van der Waals surface area (Å²) in [6.45, 7) is 0. The topological polar surface area (TPSA) is 26.7 Å². The Morgan fingerprint density at radius 3 is 0.962 bits per heavy atom. The number of nitrogens with zero attached hydrogens (tertiary/aromatic N) is 2. The summed E-state index contributed by atoms with van der Waals surface area (Å²) in [6, 6.07) is 72.0. The highest BCUT2D eigenvalue weighted by Crippen LogP contribution is 2.49. The Hall–Kier alpha value is -6.68. The van der Waals surface area contributed by atoms with Crippen LogP contribution in [-0.2, 0) is 0 Å². The first kappa shape index (κ1) is 31.3. The van der Waals surface area contributed by atoms with Crippen LogP contribution in [0, 0.1) is 0 Å². The van der Waals surface area contributed by atoms with Gasteiger partial charge in [0.2, 0.25) is 0 Å². The van der Waals surface area contributed by atoms with Gasteiger partial charge in [-0.05, 0) is 106 Å². The molecule has 0 aromatic heterocycles. The SMILES string of the molecule is OC1c2cc(-c3ccccc3N(c3ccccc3)c3ccccc3)ccc2-c2ccc(-c3ccccc3N(c3ccccc3)c3ccccc3)cc21. The van der Waals surface area contributed by atoms with Gasteiger partial charge in [-0.15, -0.1) is 0 Å². The van der Waals surface area contributed by atoms with Gasteiger partial charge in [-0.25, -0.2) is 0 Å². The van der Waals surface area contributed by atoms with Crippen LogP contribution in [0.1, 0.15) is 17.2 Å². The summed E-state index contributed by atoms with van der Waals surface area (Å²) in [6.07, 6.45) is -0.747. The van der Waals surface area contributed by atoms with Crippen molar-refractivity contribution in [1.29, 1.82) is 0 Å². The van der Waals surface area contributed by atoms with Crippen LogP contribution < -0.4 is 9.80 Å². The molecule has 3 heteroatoms. The lowest BCUT2D eigenvalue weighted by Gasteiger charge is -2.28. The monoisotopic (exact) mass is 668 g/mol. The molecule has 248 valence electrons. The molecule has 0 atom stereocenters. The molecule has 1 aliphatic rings. The molecule has 0 aliphatic heterocycles. The van der Waals surface area contributed by atoms with Gasteiger partial charge in [0.1, 0.15) is 6.10 Å². The molecular formula is C49H36N2O. The Labute approximate surface area is 305 Å². The predicted octanol–water partition coefficient (Wildman–Crippen LogP) is 13.0. The minimum absolute atomic E-state index is 0.747. The summed E-state index contributed by atoms with van der Waals surface area (Å²) in [5, 5.41) is 12.0. The first-order valence-corrected chi connectivity index (χ1v) is 17.7. The number of benzene rings is 8. The van der Waals surface area contributed by atoms with Crippen molar-refractivity contribution in [3.63, 3.8) is 0 Å². The third kappa shape index (κ3) is 5.64. The zero-order valence-corrected chi connectivity index (χ0v) is 28.5. The molecule has 0 spiro atoms. The third-order valence-corrected chi connectivity index (χ3v) is 9.95. The van der Waals surface area contributed by atoms with Crippen molar-refractivity contribution in [3.05, 3.63) is 217 Å². The highest BCUT2D eigenvalue weighted by atomic mass is 16.3. The highest BCUT2D eigenvalue weighted by molar-refractivity contribution is 5.92. The van der Waals surface area contributed by atoms with E-state index in [1.807, 2.05) is 24.3 Å². The van der Waals surface area contributed by atoms with E-state index >= 15 is 0 Å². The van der Waals surface area contributed by atoms with Crippen molar-refractivity contribution in [2.45, 2.75) is 6.10 Å². The van der Waals surface area contributed by atoms with Gasteiger partial charge in [0.05, 0.1) is 11.4 Å². The van der Waals surface area contributed by atoms with E-state index < -0.39 is 6.10 Å². The maximum Gasteiger partial charge on any atom is 0.105 e. The van der Waals surface area contributed by atoms with E-state index in [0.29, 0.717) is 0 Å².